The van der Waals surface area contributed by atoms with Gasteiger partial charge in [0.2, 0.25) is 5.95 Å². The summed E-state index contributed by atoms with van der Waals surface area (Å²) in [6, 6.07) is 8.43. The normalized spacial score (nSPS) is 16.2. The van der Waals surface area contributed by atoms with Gasteiger partial charge in [0.05, 0.1) is 12.2 Å². The summed E-state index contributed by atoms with van der Waals surface area (Å²) in [6.45, 7) is 4.52. The Morgan fingerprint density at radius 1 is 1.11 bits per heavy atom. The van der Waals surface area contributed by atoms with Gasteiger partial charge in [-0.1, -0.05) is 6.07 Å². The monoisotopic (exact) mass is 478 g/mol. The van der Waals surface area contributed by atoms with Crippen LogP contribution in [0.5, 0.6) is 0 Å². The van der Waals surface area contributed by atoms with E-state index in [0.29, 0.717) is 12.5 Å². The third-order valence-electron chi connectivity index (χ3n) is 5.07. The third-order valence-corrected chi connectivity index (χ3v) is 5.07. The molecule has 7 heteroatoms. The zero-order valence-electron chi connectivity index (χ0n) is 15.7. The molecule has 0 radical (unpaired) electrons. The first-order chi connectivity index (χ1) is 12.7. The van der Waals surface area contributed by atoms with Gasteiger partial charge in [0, 0.05) is 24.5 Å². The number of nitrogens with two attached hydrogens (primary N) is 1. The summed E-state index contributed by atoms with van der Waals surface area (Å²) in [5.41, 5.74) is 11.8. The number of aryl methyl sites for hydroxylation is 3. The minimum Gasteiger partial charge on any atom is -0.370 e. The molecule has 0 unspecified atom stereocenters. The van der Waals surface area contributed by atoms with Gasteiger partial charge in [0.25, 0.3) is 0 Å². The van der Waals surface area contributed by atoms with Crippen LogP contribution in [0.15, 0.2) is 29.3 Å². The second kappa shape index (κ2) is 8.86. The molecule has 0 amide bonds. The molecule has 27 heavy (non-hydrogen) atoms. The number of guanidine groups is 1. The Kier molecular flexibility index (Phi) is 6.51. The average Bonchev–Trinajstić information content (AvgIpc) is 3.31. The highest BCUT2D eigenvalue weighted by Gasteiger charge is 2.16. The molecule has 1 aliphatic carbocycles. The summed E-state index contributed by atoms with van der Waals surface area (Å²) < 4.78 is 0. The fourth-order valence-electron chi connectivity index (χ4n) is 3.76. The Labute approximate surface area is 177 Å². The Hall–Kier alpha value is -1.90. The Morgan fingerprint density at radius 2 is 1.89 bits per heavy atom. The lowest BCUT2D eigenvalue weighted by molar-refractivity contribution is 0.857. The Bertz CT molecular complexity index is 829. The van der Waals surface area contributed by atoms with E-state index in [-0.39, 0.29) is 24.0 Å². The maximum absolute atomic E-state index is 6.08. The Balaban J connectivity index is 0.00000210. The fourth-order valence-corrected chi connectivity index (χ4v) is 3.76. The van der Waals surface area contributed by atoms with Crippen LogP contribution in [0.1, 0.15) is 41.8 Å². The number of aliphatic imine (C=N–C) groups is 1. The highest BCUT2D eigenvalue weighted by atomic mass is 127. The SMILES string of the molecule is Cc1cc(CN=C(N)Nc2ccc3c(c2)CCC3)nc(N2CCCC2)n1.I. The van der Waals surface area contributed by atoms with Gasteiger partial charge in [0.1, 0.15) is 0 Å². The quantitative estimate of drug-likeness (QED) is 0.400. The van der Waals surface area contributed by atoms with Crippen LogP contribution in [0.4, 0.5) is 11.6 Å². The number of hydrogen-bond donors (Lipinski definition) is 2. The van der Waals surface area contributed by atoms with Crippen LogP contribution in [0.25, 0.3) is 0 Å². The van der Waals surface area contributed by atoms with Crippen molar-refractivity contribution in [1.82, 2.24) is 9.97 Å². The number of fused-ring (bicyclic) bond motifs is 1. The number of aromatic nitrogens is 2. The molecule has 1 aromatic heterocycles. The number of nitrogens with one attached hydrogen (secondary N) is 1. The van der Waals surface area contributed by atoms with Crippen LogP contribution in [0.3, 0.4) is 0 Å². The molecule has 1 aromatic carbocycles. The van der Waals surface area contributed by atoms with Gasteiger partial charge >= 0.3 is 0 Å². The molecular formula is C20H27IN6. The van der Waals surface area contributed by atoms with Gasteiger partial charge in [-0.05, 0) is 68.4 Å². The average molecular weight is 478 g/mol. The van der Waals surface area contributed by atoms with E-state index in [1.54, 1.807) is 0 Å². The first-order valence-corrected chi connectivity index (χ1v) is 9.46. The lowest BCUT2D eigenvalue weighted by Gasteiger charge is -2.16. The molecule has 6 nitrogen and oxygen atoms in total. The predicted molar refractivity (Wildman–Crippen MR) is 121 cm³/mol. The second-order valence-electron chi connectivity index (χ2n) is 7.16. The molecule has 0 spiro atoms. The predicted octanol–water partition coefficient (Wildman–Crippen LogP) is 3.42. The van der Waals surface area contributed by atoms with Crippen LogP contribution >= 0.6 is 24.0 Å². The summed E-state index contributed by atoms with van der Waals surface area (Å²) in [7, 11) is 0. The van der Waals surface area contributed by atoms with E-state index in [9.17, 15) is 0 Å². The highest BCUT2D eigenvalue weighted by molar-refractivity contribution is 14.0. The lowest BCUT2D eigenvalue weighted by atomic mass is 10.1. The maximum Gasteiger partial charge on any atom is 0.225 e. The zero-order valence-corrected chi connectivity index (χ0v) is 18.1. The van der Waals surface area contributed by atoms with Crippen LogP contribution in [0.2, 0.25) is 0 Å². The Morgan fingerprint density at radius 3 is 2.70 bits per heavy atom. The van der Waals surface area contributed by atoms with Crippen LogP contribution in [-0.4, -0.2) is 29.0 Å². The van der Waals surface area contributed by atoms with Gasteiger partial charge in [-0.25, -0.2) is 15.0 Å². The van der Waals surface area contributed by atoms with E-state index < -0.39 is 0 Å². The highest BCUT2D eigenvalue weighted by Crippen LogP contribution is 2.24. The molecule has 2 heterocycles. The van der Waals surface area contributed by atoms with E-state index in [2.05, 4.69) is 43.4 Å². The van der Waals surface area contributed by atoms with E-state index in [4.69, 9.17) is 5.73 Å². The number of hydrogen-bond acceptors (Lipinski definition) is 4. The van der Waals surface area contributed by atoms with Crippen molar-refractivity contribution in [3.8, 4) is 0 Å². The number of benzene rings is 1. The molecular weight excluding hydrogens is 451 g/mol. The summed E-state index contributed by atoms with van der Waals surface area (Å²) in [5.74, 6) is 1.24. The largest absolute Gasteiger partial charge is 0.370 e. The maximum atomic E-state index is 6.08. The van der Waals surface area contributed by atoms with Crippen LogP contribution in [-0.2, 0) is 19.4 Å². The minimum absolute atomic E-state index is 0. The summed E-state index contributed by atoms with van der Waals surface area (Å²) >= 11 is 0. The van der Waals surface area contributed by atoms with Crippen molar-refractivity contribution in [2.75, 3.05) is 23.3 Å². The number of anilines is 2. The van der Waals surface area contributed by atoms with Crippen molar-refractivity contribution in [2.45, 2.75) is 45.6 Å². The fraction of sp³-hybridized carbons (Fsp3) is 0.450. The first-order valence-electron chi connectivity index (χ1n) is 9.46. The lowest BCUT2D eigenvalue weighted by Crippen LogP contribution is -2.23. The van der Waals surface area contributed by atoms with E-state index >= 15 is 0 Å². The molecule has 4 rings (SSSR count). The zero-order chi connectivity index (χ0) is 17.9. The smallest absolute Gasteiger partial charge is 0.225 e. The number of nitrogens with zero attached hydrogens (tertiary/aromatic N) is 4. The summed E-state index contributed by atoms with van der Waals surface area (Å²) in [5, 5.41) is 3.20. The molecule has 1 saturated heterocycles. The van der Waals surface area contributed by atoms with Gasteiger partial charge in [-0.2, -0.15) is 0 Å². The molecule has 1 fully saturated rings. The molecule has 0 saturated carbocycles. The van der Waals surface area contributed by atoms with E-state index in [0.717, 1.165) is 42.5 Å². The topological polar surface area (TPSA) is 79.4 Å². The van der Waals surface area contributed by atoms with Crippen molar-refractivity contribution in [3.63, 3.8) is 0 Å². The summed E-state index contributed by atoms with van der Waals surface area (Å²) in [6.07, 6.45) is 6.01. The first kappa shape index (κ1) is 19.9. The van der Waals surface area contributed by atoms with Crippen molar-refractivity contribution in [3.05, 3.63) is 46.8 Å². The van der Waals surface area contributed by atoms with Gasteiger partial charge in [0.15, 0.2) is 5.96 Å². The summed E-state index contributed by atoms with van der Waals surface area (Å²) in [4.78, 5) is 15.9. The number of rotatable bonds is 4. The van der Waals surface area contributed by atoms with Crippen molar-refractivity contribution < 1.29 is 0 Å². The van der Waals surface area contributed by atoms with E-state index in [1.807, 2.05) is 13.0 Å². The van der Waals surface area contributed by atoms with Crippen molar-refractivity contribution in [2.24, 2.45) is 10.7 Å². The van der Waals surface area contributed by atoms with Crippen LogP contribution in [0, 0.1) is 6.92 Å². The molecule has 144 valence electrons. The van der Waals surface area contributed by atoms with Gasteiger partial charge < -0.3 is 16.0 Å². The minimum atomic E-state index is 0. The molecule has 2 aromatic rings. The van der Waals surface area contributed by atoms with Crippen molar-refractivity contribution >= 4 is 41.6 Å². The second-order valence-corrected chi connectivity index (χ2v) is 7.16. The standard InChI is InChI=1S/C20H26N6.HI/c1-14-11-18(25-20(23-14)26-9-2-3-10-26)13-22-19(21)24-17-8-7-15-5-4-6-16(15)12-17;/h7-8,11-12H,2-6,9-10,13H2,1H3,(H3,21,22,24);1H. The molecule has 3 N–H and O–H groups in total. The molecule has 0 bridgehead atoms. The number of halogens is 1. The molecule has 1 aliphatic heterocycles. The molecule has 2 aliphatic rings. The van der Waals surface area contributed by atoms with Gasteiger partial charge in [-0.3, -0.25) is 0 Å². The van der Waals surface area contributed by atoms with Gasteiger partial charge in [-0.15, -0.1) is 24.0 Å². The molecule has 0 atom stereocenters. The van der Waals surface area contributed by atoms with Crippen LogP contribution < -0.4 is 16.0 Å². The van der Waals surface area contributed by atoms with E-state index in [1.165, 1.54) is 36.8 Å². The third kappa shape index (κ3) is 4.88. The van der Waals surface area contributed by atoms with Crippen molar-refractivity contribution in [1.29, 1.82) is 0 Å².